The second-order valence-electron chi connectivity index (χ2n) is 7.38. The number of likely N-dealkylation sites (N-methyl/N-ethyl adjacent to an activating group) is 1. The summed E-state index contributed by atoms with van der Waals surface area (Å²) >= 11 is 0. The molecule has 0 aliphatic carbocycles. The Morgan fingerprint density at radius 3 is 2.73 bits per heavy atom. The monoisotopic (exact) mass is 358 g/mol. The zero-order valence-electron chi connectivity index (χ0n) is 15.7. The topological polar surface area (TPSA) is 55.9 Å². The van der Waals surface area contributed by atoms with Crippen LogP contribution in [0.3, 0.4) is 0 Å². The van der Waals surface area contributed by atoms with Crippen LogP contribution < -0.4 is 5.32 Å². The Labute approximate surface area is 156 Å². The van der Waals surface area contributed by atoms with Crippen molar-refractivity contribution < 1.29 is 9.59 Å². The first kappa shape index (κ1) is 18.7. The number of benzene rings is 1. The lowest BCUT2D eigenvalue weighted by Gasteiger charge is -2.36. The van der Waals surface area contributed by atoms with Crippen molar-refractivity contribution in [3.63, 3.8) is 0 Å². The number of carbonyl (C=O) groups is 2. The van der Waals surface area contributed by atoms with E-state index in [4.69, 9.17) is 0 Å². The molecule has 6 heteroatoms. The first-order valence-corrected chi connectivity index (χ1v) is 9.68. The summed E-state index contributed by atoms with van der Waals surface area (Å²) in [6.07, 6.45) is 4.36. The number of carbonyl (C=O) groups excluding carboxylic acids is 2. The molecule has 26 heavy (non-hydrogen) atoms. The summed E-state index contributed by atoms with van der Waals surface area (Å²) in [6, 6.07) is 10.7. The van der Waals surface area contributed by atoms with Gasteiger partial charge in [-0.2, -0.15) is 0 Å². The van der Waals surface area contributed by atoms with E-state index in [9.17, 15) is 9.59 Å². The third-order valence-electron chi connectivity index (χ3n) is 5.43. The first-order chi connectivity index (χ1) is 12.6. The fourth-order valence-corrected chi connectivity index (χ4v) is 3.79. The van der Waals surface area contributed by atoms with Crippen LogP contribution in [-0.4, -0.2) is 72.5 Å². The summed E-state index contributed by atoms with van der Waals surface area (Å²) in [5.74, 6) is 0.0148. The minimum absolute atomic E-state index is 0.0148. The predicted octanol–water partition coefficient (Wildman–Crippen LogP) is 1.91. The smallest absolute Gasteiger partial charge is 0.317 e. The average molecular weight is 358 g/mol. The average Bonchev–Trinajstić information content (AvgIpc) is 2.83. The number of nitrogens with one attached hydrogen (secondary N) is 1. The third kappa shape index (κ3) is 4.97. The van der Waals surface area contributed by atoms with Crippen LogP contribution in [-0.2, 0) is 11.3 Å². The molecular weight excluding hydrogens is 328 g/mol. The van der Waals surface area contributed by atoms with Crippen LogP contribution in [0.5, 0.6) is 0 Å². The van der Waals surface area contributed by atoms with Crippen molar-refractivity contribution in [3.8, 4) is 0 Å². The summed E-state index contributed by atoms with van der Waals surface area (Å²) in [5, 5.41) is 3.08. The molecule has 0 bridgehead atoms. The zero-order valence-corrected chi connectivity index (χ0v) is 15.7. The van der Waals surface area contributed by atoms with Crippen molar-refractivity contribution in [2.24, 2.45) is 0 Å². The zero-order chi connectivity index (χ0) is 18.4. The first-order valence-electron chi connectivity index (χ1n) is 9.68. The summed E-state index contributed by atoms with van der Waals surface area (Å²) in [7, 11) is 1.80. The molecule has 2 fully saturated rings. The number of amides is 3. The van der Waals surface area contributed by atoms with Gasteiger partial charge in [-0.25, -0.2) is 4.79 Å². The largest absolute Gasteiger partial charge is 0.344 e. The van der Waals surface area contributed by atoms with Gasteiger partial charge >= 0.3 is 6.03 Å². The van der Waals surface area contributed by atoms with Crippen LogP contribution in [0, 0.1) is 0 Å². The van der Waals surface area contributed by atoms with Crippen LogP contribution in [0.15, 0.2) is 30.3 Å². The maximum Gasteiger partial charge on any atom is 0.317 e. The quantitative estimate of drug-likeness (QED) is 0.895. The summed E-state index contributed by atoms with van der Waals surface area (Å²) in [5.41, 5.74) is 1.31. The molecule has 1 N–H and O–H groups in total. The van der Waals surface area contributed by atoms with Crippen LogP contribution in [0.1, 0.15) is 31.2 Å². The maximum absolute atomic E-state index is 12.5. The van der Waals surface area contributed by atoms with Crippen LogP contribution >= 0.6 is 0 Å². The van der Waals surface area contributed by atoms with E-state index >= 15 is 0 Å². The van der Waals surface area contributed by atoms with E-state index in [1.807, 2.05) is 6.07 Å². The van der Waals surface area contributed by atoms with E-state index in [2.05, 4.69) is 34.5 Å². The fourth-order valence-electron chi connectivity index (χ4n) is 3.79. The molecule has 0 saturated carbocycles. The van der Waals surface area contributed by atoms with E-state index in [-0.39, 0.29) is 18.5 Å². The van der Waals surface area contributed by atoms with Gasteiger partial charge in [-0.05, 0) is 31.4 Å². The maximum atomic E-state index is 12.5. The summed E-state index contributed by atoms with van der Waals surface area (Å²) in [4.78, 5) is 30.3. The molecule has 1 aromatic carbocycles. The highest BCUT2D eigenvalue weighted by atomic mass is 16.2. The molecule has 0 radical (unpaired) electrons. The van der Waals surface area contributed by atoms with Gasteiger partial charge in [0.05, 0.1) is 0 Å². The van der Waals surface area contributed by atoms with Gasteiger partial charge in [-0.15, -0.1) is 0 Å². The Hall–Kier alpha value is -2.08. The van der Waals surface area contributed by atoms with Gasteiger partial charge in [0.25, 0.3) is 0 Å². The molecule has 2 saturated heterocycles. The van der Waals surface area contributed by atoms with Crippen molar-refractivity contribution in [2.45, 2.75) is 38.3 Å². The molecule has 3 amide bonds. The normalized spacial score (nSPS) is 22.2. The van der Waals surface area contributed by atoms with Gasteiger partial charge in [0.1, 0.15) is 6.54 Å². The highest BCUT2D eigenvalue weighted by molar-refractivity contribution is 5.84. The lowest BCUT2D eigenvalue weighted by atomic mass is 10.0. The lowest BCUT2D eigenvalue weighted by molar-refractivity contribution is -0.129. The highest BCUT2D eigenvalue weighted by Crippen LogP contribution is 2.19. The van der Waals surface area contributed by atoms with Gasteiger partial charge in [-0.1, -0.05) is 36.8 Å². The molecule has 0 aromatic heterocycles. The van der Waals surface area contributed by atoms with E-state index in [1.54, 1.807) is 16.8 Å². The minimum atomic E-state index is -0.112. The summed E-state index contributed by atoms with van der Waals surface area (Å²) < 4.78 is 0. The van der Waals surface area contributed by atoms with Crippen molar-refractivity contribution >= 4 is 11.9 Å². The molecule has 1 atom stereocenters. The van der Waals surface area contributed by atoms with Gasteiger partial charge in [-0.3, -0.25) is 9.69 Å². The molecule has 2 aliphatic heterocycles. The predicted molar refractivity (Wildman–Crippen MR) is 102 cm³/mol. The highest BCUT2D eigenvalue weighted by Gasteiger charge is 2.26. The van der Waals surface area contributed by atoms with E-state index in [0.717, 1.165) is 32.5 Å². The standard InChI is InChI=1S/C20H30N4O2/c1-22-11-7-13-24(16-19(22)25)20(26)21-14-18-10-5-6-12-23(18)15-17-8-3-2-4-9-17/h2-4,8-9,18H,5-7,10-16H2,1H3,(H,21,26). The van der Waals surface area contributed by atoms with Crippen molar-refractivity contribution in [2.75, 3.05) is 39.8 Å². The number of hydrogen-bond donors (Lipinski definition) is 1. The van der Waals surface area contributed by atoms with Crippen LogP contribution in [0.4, 0.5) is 4.79 Å². The van der Waals surface area contributed by atoms with Gasteiger partial charge < -0.3 is 15.1 Å². The Morgan fingerprint density at radius 2 is 1.92 bits per heavy atom. The number of rotatable bonds is 4. The molecule has 0 spiro atoms. The van der Waals surface area contributed by atoms with Gasteiger partial charge in [0.2, 0.25) is 5.91 Å². The summed E-state index contributed by atoms with van der Waals surface area (Å²) in [6.45, 7) is 4.18. The second-order valence-corrected chi connectivity index (χ2v) is 7.38. The Balaban J connectivity index is 1.53. The molecule has 3 rings (SSSR count). The molecule has 1 unspecified atom stereocenters. The molecule has 1 aromatic rings. The SMILES string of the molecule is CN1CCCN(C(=O)NCC2CCCCN2Cc2ccccc2)CC1=O. The Kier molecular flexibility index (Phi) is 6.50. The lowest BCUT2D eigenvalue weighted by Crippen LogP contribution is -2.50. The molecular formula is C20H30N4O2. The number of piperidine rings is 1. The molecule has 2 aliphatic rings. The van der Waals surface area contributed by atoms with Gasteiger partial charge in [0, 0.05) is 39.3 Å². The van der Waals surface area contributed by atoms with E-state index in [0.29, 0.717) is 19.1 Å². The minimum Gasteiger partial charge on any atom is -0.344 e. The third-order valence-corrected chi connectivity index (χ3v) is 5.43. The van der Waals surface area contributed by atoms with E-state index in [1.165, 1.54) is 18.4 Å². The number of likely N-dealkylation sites (tertiary alicyclic amines) is 1. The number of nitrogens with zero attached hydrogens (tertiary/aromatic N) is 3. The molecule has 6 nitrogen and oxygen atoms in total. The van der Waals surface area contributed by atoms with Gasteiger partial charge in [0.15, 0.2) is 0 Å². The van der Waals surface area contributed by atoms with E-state index < -0.39 is 0 Å². The molecule has 142 valence electrons. The Bertz CT molecular complexity index is 607. The second kappa shape index (κ2) is 9.03. The van der Waals surface area contributed by atoms with Crippen molar-refractivity contribution in [3.05, 3.63) is 35.9 Å². The van der Waals surface area contributed by atoms with Crippen LogP contribution in [0.2, 0.25) is 0 Å². The molecule has 2 heterocycles. The van der Waals surface area contributed by atoms with Crippen LogP contribution in [0.25, 0.3) is 0 Å². The number of urea groups is 1. The Morgan fingerprint density at radius 1 is 1.12 bits per heavy atom. The van der Waals surface area contributed by atoms with Crippen molar-refractivity contribution in [1.82, 2.24) is 20.0 Å². The van der Waals surface area contributed by atoms with Crippen molar-refractivity contribution in [1.29, 1.82) is 0 Å². The fraction of sp³-hybridized carbons (Fsp3) is 0.600. The number of hydrogen-bond acceptors (Lipinski definition) is 3.